The largest absolute Gasteiger partial charge is 0.351 e. The Hall–Kier alpha value is -0.680. The molecule has 0 bridgehead atoms. The Labute approximate surface area is 124 Å². The lowest BCUT2D eigenvalue weighted by molar-refractivity contribution is 0.0948. The van der Waals surface area contributed by atoms with Crippen molar-refractivity contribution >= 4 is 30.3 Å². The van der Waals surface area contributed by atoms with Crippen LogP contribution in [-0.4, -0.2) is 23.5 Å². The third-order valence-electron chi connectivity index (χ3n) is 3.50. The van der Waals surface area contributed by atoms with Crippen LogP contribution in [0.4, 0.5) is 4.39 Å². The van der Waals surface area contributed by atoms with Gasteiger partial charge in [-0.15, -0.1) is 12.6 Å². The summed E-state index contributed by atoms with van der Waals surface area (Å²) in [5.74, 6) is -0.601. The van der Waals surface area contributed by atoms with E-state index in [1.165, 1.54) is 18.2 Å². The number of nitrogens with one attached hydrogen (secondary N) is 1. The number of benzene rings is 1. The van der Waals surface area contributed by atoms with Gasteiger partial charge in [-0.3, -0.25) is 4.79 Å². The Morgan fingerprint density at radius 1 is 1.42 bits per heavy atom. The summed E-state index contributed by atoms with van der Waals surface area (Å²) in [7, 11) is 0. The number of carbonyl (C=O) groups is 1. The third-order valence-corrected chi connectivity index (χ3v) is 5.43. The first-order valence-corrected chi connectivity index (χ1v) is 7.97. The third kappa shape index (κ3) is 4.14. The van der Waals surface area contributed by atoms with Gasteiger partial charge < -0.3 is 5.32 Å². The van der Waals surface area contributed by atoms with Crippen molar-refractivity contribution in [3.8, 4) is 0 Å². The Bertz CT molecular complexity index is 439. The molecule has 0 aliphatic rings. The minimum atomic E-state index is -0.416. The quantitative estimate of drug-likeness (QED) is 0.783. The number of amides is 1. The molecule has 5 heteroatoms. The van der Waals surface area contributed by atoms with Crippen molar-refractivity contribution < 1.29 is 9.18 Å². The van der Waals surface area contributed by atoms with Gasteiger partial charge in [0.1, 0.15) is 5.82 Å². The highest BCUT2D eigenvalue weighted by molar-refractivity contribution is 8.00. The molecule has 0 spiro atoms. The summed E-state index contributed by atoms with van der Waals surface area (Å²) in [6.07, 6.45) is 4.04. The summed E-state index contributed by atoms with van der Waals surface area (Å²) in [4.78, 5) is 12.2. The summed E-state index contributed by atoms with van der Waals surface area (Å²) in [5.41, 5.74) is 0.439. The molecular weight excluding hydrogens is 281 g/mol. The van der Waals surface area contributed by atoms with Crippen LogP contribution in [0, 0.1) is 5.82 Å². The molecule has 1 amide bonds. The van der Waals surface area contributed by atoms with Gasteiger partial charge in [0.25, 0.3) is 5.91 Å². The van der Waals surface area contributed by atoms with Gasteiger partial charge in [0, 0.05) is 21.8 Å². The fourth-order valence-corrected chi connectivity index (χ4v) is 2.87. The predicted octanol–water partition coefficient (Wildman–Crippen LogP) is 3.77. The van der Waals surface area contributed by atoms with Gasteiger partial charge in [0.05, 0.1) is 0 Å². The van der Waals surface area contributed by atoms with Crippen molar-refractivity contribution in [1.29, 1.82) is 0 Å². The summed E-state index contributed by atoms with van der Waals surface area (Å²) in [5, 5.41) is 2.92. The van der Waals surface area contributed by atoms with Gasteiger partial charge in [-0.2, -0.15) is 11.8 Å². The van der Waals surface area contributed by atoms with Crippen LogP contribution < -0.4 is 5.32 Å². The summed E-state index contributed by atoms with van der Waals surface area (Å²) >= 11 is 5.75. The van der Waals surface area contributed by atoms with Crippen LogP contribution in [0.25, 0.3) is 0 Å². The molecule has 1 N–H and O–H groups in total. The van der Waals surface area contributed by atoms with Crippen LogP contribution in [0.5, 0.6) is 0 Å². The number of thiol groups is 1. The van der Waals surface area contributed by atoms with E-state index < -0.39 is 5.82 Å². The minimum Gasteiger partial charge on any atom is -0.351 e. The number of rotatable bonds is 6. The maximum atomic E-state index is 13.1. The Balaban J connectivity index is 2.72. The molecule has 0 heterocycles. The first-order valence-electron chi connectivity index (χ1n) is 6.30. The van der Waals surface area contributed by atoms with Crippen molar-refractivity contribution in [2.75, 3.05) is 12.8 Å². The second kappa shape index (κ2) is 7.20. The second-order valence-electron chi connectivity index (χ2n) is 4.44. The molecule has 0 radical (unpaired) electrons. The van der Waals surface area contributed by atoms with E-state index in [1.54, 1.807) is 11.8 Å². The molecule has 0 aliphatic heterocycles. The lowest BCUT2D eigenvalue weighted by atomic mass is 10.0. The lowest BCUT2D eigenvalue weighted by Gasteiger charge is -2.29. The molecule has 19 heavy (non-hydrogen) atoms. The van der Waals surface area contributed by atoms with E-state index in [0.29, 0.717) is 12.1 Å². The molecule has 0 saturated carbocycles. The number of halogens is 1. The average Bonchev–Trinajstić information content (AvgIpc) is 2.43. The normalized spacial score (nSPS) is 11.4. The van der Waals surface area contributed by atoms with E-state index in [2.05, 4.69) is 38.0 Å². The molecule has 0 aromatic heterocycles. The SMILES string of the molecule is CCC(CC)(CNC(=O)c1ccc(F)c(S)c1)SC. The molecule has 0 fully saturated rings. The molecule has 106 valence electrons. The molecule has 0 saturated heterocycles. The monoisotopic (exact) mass is 301 g/mol. The molecule has 0 unspecified atom stereocenters. The van der Waals surface area contributed by atoms with E-state index in [4.69, 9.17) is 0 Å². The number of hydrogen-bond donors (Lipinski definition) is 2. The van der Waals surface area contributed by atoms with Gasteiger partial charge >= 0.3 is 0 Å². The molecule has 0 aliphatic carbocycles. The highest BCUT2D eigenvalue weighted by atomic mass is 32.2. The maximum absolute atomic E-state index is 13.1. The van der Waals surface area contributed by atoms with Gasteiger partial charge in [-0.25, -0.2) is 4.39 Å². The van der Waals surface area contributed by atoms with E-state index in [9.17, 15) is 9.18 Å². The van der Waals surface area contributed by atoms with E-state index in [1.807, 2.05) is 0 Å². The van der Waals surface area contributed by atoms with Crippen molar-refractivity contribution in [2.45, 2.75) is 36.3 Å². The summed E-state index contributed by atoms with van der Waals surface area (Å²) in [6, 6.07) is 4.19. The van der Waals surface area contributed by atoms with Gasteiger partial charge in [-0.1, -0.05) is 13.8 Å². The van der Waals surface area contributed by atoms with Crippen LogP contribution in [0.1, 0.15) is 37.0 Å². The van der Waals surface area contributed by atoms with Gasteiger partial charge in [0.2, 0.25) is 0 Å². The van der Waals surface area contributed by atoms with Gasteiger partial charge in [-0.05, 0) is 37.3 Å². The van der Waals surface area contributed by atoms with E-state index in [0.717, 1.165) is 12.8 Å². The van der Waals surface area contributed by atoms with Crippen LogP contribution in [0.2, 0.25) is 0 Å². The molecular formula is C14H20FNOS2. The molecule has 1 aromatic rings. The summed E-state index contributed by atoms with van der Waals surface area (Å²) < 4.78 is 13.2. The molecule has 0 atom stereocenters. The standard InChI is InChI=1S/C14H20FNOS2/c1-4-14(5-2,19-3)9-16-13(17)10-6-7-11(15)12(18)8-10/h6-8,18H,4-5,9H2,1-3H3,(H,16,17). The smallest absolute Gasteiger partial charge is 0.251 e. The predicted molar refractivity (Wildman–Crippen MR) is 82.8 cm³/mol. The molecule has 2 nitrogen and oxygen atoms in total. The van der Waals surface area contributed by atoms with Crippen LogP contribution in [0.3, 0.4) is 0 Å². The minimum absolute atomic E-state index is 0.0689. The zero-order valence-corrected chi connectivity index (χ0v) is 13.2. The molecule has 1 aromatic carbocycles. The van der Waals surface area contributed by atoms with Crippen LogP contribution in [0.15, 0.2) is 23.1 Å². The zero-order chi connectivity index (χ0) is 14.5. The first-order chi connectivity index (χ1) is 8.98. The highest BCUT2D eigenvalue weighted by Gasteiger charge is 2.25. The van der Waals surface area contributed by atoms with Crippen molar-refractivity contribution in [3.05, 3.63) is 29.6 Å². The second-order valence-corrected chi connectivity index (χ2v) is 6.20. The topological polar surface area (TPSA) is 29.1 Å². The Morgan fingerprint density at radius 2 is 2.05 bits per heavy atom. The van der Waals surface area contributed by atoms with E-state index >= 15 is 0 Å². The average molecular weight is 301 g/mol. The summed E-state index contributed by atoms with van der Waals surface area (Å²) in [6.45, 7) is 4.85. The van der Waals surface area contributed by atoms with Crippen LogP contribution >= 0.6 is 24.4 Å². The number of thioether (sulfide) groups is 1. The Morgan fingerprint density at radius 3 is 2.53 bits per heavy atom. The van der Waals surface area contributed by atoms with Crippen molar-refractivity contribution in [2.24, 2.45) is 0 Å². The zero-order valence-electron chi connectivity index (χ0n) is 11.5. The van der Waals surface area contributed by atoms with Crippen molar-refractivity contribution in [3.63, 3.8) is 0 Å². The van der Waals surface area contributed by atoms with Gasteiger partial charge in [0.15, 0.2) is 0 Å². The highest BCUT2D eigenvalue weighted by Crippen LogP contribution is 2.29. The fraction of sp³-hybridized carbons (Fsp3) is 0.500. The molecule has 1 rings (SSSR count). The maximum Gasteiger partial charge on any atom is 0.251 e. The number of carbonyl (C=O) groups excluding carboxylic acids is 1. The lowest BCUT2D eigenvalue weighted by Crippen LogP contribution is -2.39. The Kier molecular flexibility index (Phi) is 6.20. The fourth-order valence-electron chi connectivity index (χ4n) is 1.86. The number of hydrogen-bond acceptors (Lipinski definition) is 3. The first kappa shape index (κ1) is 16.4. The van der Waals surface area contributed by atoms with E-state index in [-0.39, 0.29) is 15.5 Å². The van der Waals surface area contributed by atoms with Crippen LogP contribution in [-0.2, 0) is 0 Å². The van der Waals surface area contributed by atoms with Crippen molar-refractivity contribution in [1.82, 2.24) is 5.32 Å².